The van der Waals surface area contributed by atoms with Crippen molar-refractivity contribution in [3.63, 3.8) is 0 Å². The van der Waals surface area contributed by atoms with Crippen LogP contribution >= 0.6 is 12.4 Å². The highest BCUT2D eigenvalue weighted by Crippen LogP contribution is 2.19. The zero-order chi connectivity index (χ0) is 14.8. The highest BCUT2D eigenvalue weighted by molar-refractivity contribution is 5.92. The van der Waals surface area contributed by atoms with E-state index in [1.165, 1.54) is 16.9 Å². The predicted molar refractivity (Wildman–Crippen MR) is 84.9 cm³/mol. The summed E-state index contributed by atoms with van der Waals surface area (Å²) in [4.78, 5) is 12.1. The first-order chi connectivity index (χ1) is 10.1. The van der Waals surface area contributed by atoms with Gasteiger partial charge >= 0.3 is 0 Å². The summed E-state index contributed by atoms with van der Waals surface area (Å²) < 4.78 is 15.1. The van der Waals surface area contributed by atoms with Crippen molar-refractivity contribution in [3.8, 4) is 5.69 Å². The molecule has 7 heteroatoms. The highest BCUT2D eigenvalue weighted by Gasteiger charge is 2.28. The van der Waals surface area contributed by atoms with Crippen LogP contribution in [0, 0.1) is 17.7 Å². The lowest BCUT2D eigenvalue weighted by molar-refractivity contribution is -0.121. The van der Waals surface area contributed by atoms with Crippen LogP contribution in [-0.2, 0) is 4.79 Å². The molecular formula is C15H18ClFN4O. The third-order valence-electron chi connectivity index (χ3n) is 3.88. The summed E-state index contributed by atoms with van der Waals surface area (Å²) in [6, 6.07) is 6.38. The second kappa shape index (κ2) is 6.89. The minimum Gasteiger partial charge on any atom is -0.323 e. The number of hydrogen-bond donors (Lipinski definition) is 2. The molecule has 1 amide bonds. The van der Waals surface area contributed by atoms with Gasteiger partial charge in [0.05, 0.1) is 18.1 Å². The Morgan fingerprint density at radius 3 is 2.82 bits per heavy atom. The SMILES string of the molecule is CC(C(=O)Nc1cnn(-c2ccccc2F)c1)C1CNC1.Cl. The molecule has 0 aliphatic carbocycles. The lowest BCUT2D eigenvalue weighted by Crippen LogP contribution is -2.48. The Morgan fingerprint density at radius 2 is 2.18 bits per heavy atom. The molecule has 2 aromatic rings. The van der Waals surface area contributed by atoms with Crippen LogP contribution in [0.1, 0.15) is 6.92 Å². The van der Waals surface area contributed by atoms with Crippen molar-refractivity contribution >= 4 is 24.0 Å². The van der Waals surface area contributed by atoms with Crippen molar-refractivity contribution in [1.82, 2.24) is 15.1 Å². The van der Waals surface area contributed by atoms with Gasteiger partial charge in [-0.05, 0) is 31.1 Å². The van der Waals surface area contributed by atoms with E-state index in [2.05, 4.69) is 15.7 Å². The summed E-state index contributed by atoms with van der Waals surface area (Å²) in [5.74, 6) is -0.0587. The first-order valence-electron chi connectivity index (χ1n) is 6.96. The average molecular weight is 325 g/mol. The Morgan fingerprint density at radius 1 is 1.45 bits per heavy atom. The van der Waals surface area contributed by atoms with E-state index in [1.54, 1.807) is 24.4 Å². The van der Waals surface area contributed by atoms with Crippen molar-refractivity contribution in [2.24, 2.45) is 11.8 Å². The molecule has 5 nitrogen and oxygen atoms in total. The van der Waals surface area contributed by atoms with Crippen LogP contribution in [0.2, 0.25) is 0 Å². The van der Waals surface area contributed by atoms with Crippen LogP contribution in [0.15, 0.2) is 36.7 Å². The van der Waals surface area contributed by atoms with E-state index in [1.807, 2.05) is 6.92 Å². The molecule has 118 valence electrons. The van der Waals surface area contributed by atoms with Gasteiger partial charge in [0, 0.05) is 5.92 Å². The van der Waals surface area contributed by atoms with E-state index < -0.39 is 0 Å². The molecule has 2 heterocycles. The smallest absolute Gasteiger partial charge is 0.227 e. The normalized spacial score (nSPS) is 15.5. The lowest BCUT2D eigenvalue weighted by atomic mass is 9.88. The van der Waals surface area contributed by atoms with Gasteiger partial charge in [-0.2, -0.15) is 5.10 Å². The molecule has 1 atom stereocenters. The molecule has 0 radical (unpaired) electrons. The number of anilines is 1. The number of nitrogens with zero attached hydrogens (tertiary/aromatic N) is 2. The highest BCUT2D eigenvalue weighted by atomic mass is 35.5. The summed E-state index contributed by atoms with van der Waals surface area (Å²) in [5, 5.41) is 10.1. The van der Waals surface area contributed by atoms with Gasteiger partial charge in [0.1, 0.15) is 11.5 Å². The van der Waals surface area contributed by atoms with Crippen LogP contribution < -0.4 is 10.6 Å². The summed E-state index contributed by atoms with van der Waals surface area (Å²) in [7, 11) is 0. The Labute approximate surface area is 134 Å². The fourth-order valence-electron chi connectivity index (χ4n) is 2.29. The third kappa shape index (κ3) is 3.28. The van der Waals surface area contributed by atoms with Gasteiger partial charge in [0.15, 0.2) is 0 Å². The van der Waals surface area contributed by atoms with Crippen LogP contribution in [-0.4, -0.2) is 28.8 Å². The molecule has 1 fully saturated rings. The number of carbonyl (C=O) groups excluding carboxylic acids is 1. The van der Waals surface area contributed by atoms with E-state index in [0.29, 0.717) is 17.3 Å². The molecule has 0 saturated carbocycles. The molecule has 1 aromatic carbocycles. The summed E-state index contributed by atoms with van der Waals surface area (Å²) >= 11 is 0. The van der Waals surface area contributed by atoms with Gasteiger partial charge < -0.3 is 10.6 Å². The Hall–Kier alpha value is -1.92. The molecule has 22 heavy (non-hydrogen) atoms. The molecule has 1 aliphatic rings. The van der Waals surface area contributed by atoms with E-state index in [4.69, 9.17) is 0 Å². The number of amides is 1. The summed E-state index contributed by atoms with van der Waals surface area (Å²) in [5.41, 5.74) is 0.927. The maximum absolute atomic E-state index is 13.7. The largest absolute Gasteiger partial charge is 0.323 e. The third-order valence-corrected chi connectivity index (χ3v) is 3.88. The number of nitrogens with one attached hydrogen (secondary N) is 2. The lowest BCUT2D eigenvalue weighted by Gasteiger charge is -2.31. The predicted octanol–water partition coefficient (Wildman–Crippen LogP) is 2.23. The summed E-state index contributed by atoms with van der Waals surface area (Å²) in [6.45, 7) is 3.67. The standard InChI is InChI=1S/C15H17FN4O.ClH/c1-10(11-6-17-7-11)15(21)19-12-8-18-20(9-12)14-5-3-2-4-13(14)16;/h2-5,8-11,17H,6-7H2,1H3,(H,19,21);1H. The quantitative estimate of drug-likeness (QED) is 0.906. The molecule has 1 saturated heterocycles. The zero-order valence-electron chi connectivity index (χ0n) is 12.1. The van der Waals surface area contributed by atoms with Crippen molar-refractivity contribution in [1.29, 1.82) is 0 Å². The van der Waals surface area contributed by atoms with E-state index in [-0.39, 0.29) is 30.0 Å². The topological polar surface area (TPSA) is 59.0 Å². The second-order valence-corrected chi connectivity index (χ2v) is 5.32. The number of hydrogen-bond acceptors (Lipinski definition) is 3. The molecule has 2 N–H and O–H groups in total. The van der Waals surface area contributed by atoms with E-state index in [0.717, 1.165) is 13.1 Å². The second-order valence-electron chi connectivity index (χ2n) is 5.32. The maximum atomic E-state index is 13.7. The van der Waals surface area contributed by atoms with Crippen LogP contribution in [0.5, 0.6) is 0 Å². The molecule has 3 rings (SSSR count). The van der Waals surface area contributed by atoms with Crippen molar-refractivity contribution in [2.45, 2.75) is 6.92 Å². The van der Waals surface area contributed by atoms with Gasteiger partial charge in [0.25, 0.3) is 0 Å². The van der Waals surface area contributed by atoms with Gasteiger partial charge in [-0.1, -0.05) is 19.1 Å². The number of aromatic nitrogens is 2. The Bertz CT molecular complexity index is 656. The monoisotopic (exact) mass is 324 g/mol. The van der Waals surface area contributed by atoms with Crippen molar-refractivity contribution in [2.75, 3.05) is 18.4 Å². The molecular weight excluding hydrogens is 307 g/mol. The van der Waals surface area contributed by atoms with Crippen LogP contribution in [0.3, 0.4) is 0 Å². The molecule has 1 aromatic heterocycles. The summed E-state index contributed by atoms with van der Waals surface area (Å²) in [6.07, 6.45) is 3.14. The van der Waals surface area contributed by atoms with Crippen LogP contribution in [0.25, 0.3) is 5.69 Å². The number of benzene rings is 1. The minimum absolute atomic E-state index is 0. The number of halogens is 2. The fraction of sp³-hybridized carbons (Fsp3) is 0.333. The van der Waals surface area contributed by atoms with Crippen molar-refractivity contribution in [3.05, 3.63) is 42.5 Å². The van der Waals surface area contributed by atoms with E-state index >= 15 is 0 Å². The Balaban J connectivity index is 0.00000176. The van der Waals surface area contributed by atoms with Gasteiger partial charge in [0.2, 0.25) is 5.91 Å². The van der Waals surface area contributed by atoms with Gasteiger partial charge in [-0.15, -0.1) is 12.4 Å². The number of rotatable bonds is 4. The molecule has 0 bridgehead atoms. The first-order valence-corrected chi connectivity index (χ1v) is 6.96. The fourth-order valence-corrected chi connectivity index (χ4v) is 2.29. The minimum atomic E-state index is -0.354. The number of para-hydroxylation sites is 1. The average Bonchev–Trinajstić information content (AvgIpc) is 2.85. The number of carbonyl (C=O) groups is 1. The molecule has 1 aliphatic heterocycles. The maximum Gasteiger partial charge on any atom is 0.227 e. The van der Waals surface area contributed by atoms with E-state index in [9.17, 15) is 9.18 Å². The first kappa shape index (κ1) is 16.5. The van der Waals surface area contributed by atoms with Gasteiger partial charge in [-0.3, -0.25) is 4.79 Å². The zero-order valence-corrected chi connectivity index (χ0v) is 12.9. The van der Waals surface area contributed by atoms with Gasteiger partial charge in [-0.25, -0.2) is 9.07 Å². The van der Waals surface area contributed by atoms with Crippen LogP contribution in [0.4, 0.5) is 10.1 Å². The molecule has 1 unspecified atom stereocenters. The Kier molecular flexibility index (Phi) is 5.15. The molecule has 0 spiro atoms. The van der Waals surface area contributed by atoms with Crippen molar-refractivity contribution < 1.29 is 9.18 Å².